The number of hydrogen-bond acceptors (Lipinski definition) is 6. The lowest BCUT2D eigenvalue weighted by Crippen LogP contribution is -2.33. The van der Waals surface area contributed by atoms with E-state index in [1.54, 1.807) is 13.0 Å². The Bertz CT molecular complexity index is 936. The minimum absolute atomic E-state index is 0.0317. The molecule has 0 fully saturated rings. The first-order valence-corrected chi connectivity index (χ1v) is 10.2. The molecule has 140 valence electrons. The molecule has 0 spiro atoms. The van der Waals surface area contributed by atoms with Gasteiger partial charge >= 0.3 is 5.97 Å². The smallest absolute Gasteiger partial charge is 0.321 e. The summed E-state index contributed by atoms with van der Waals surface area (Å²) in [5, 5.41) is 0. The number of carbonyl (C=O) groups excluding carboxylic acids is 2. The molecule has 0 bridgehead atoms. The second kappa shape index (κ2) is 8.30. The molecular weight excluding hydrogens is 398 g/mol. The number of nitrogens with zero attached hydrogens (tertiary/aromatic N) is 1. The Morgan fingerprint density at radius 1 is 1.19 bits per heavy atom. The fourth-order valence-corrected chi connectivity index (χ4v) is 4.97. The van der Waals surface area contributed by atoms with Crippen LogP contribution in [0.5, 0.6) is 0 Å². The van der Waals surface area contributed by atoms with Crippen LogP contribution in [-0.4, -0.2) is 44.7 Å². The molecule has 1 heterocycles. The summed E-state index contributed by atoms with van der Waals surface area (Å²) in [7, 11) is -2.57. The summed E-state index contributed by atoms with van der Waals surface area (Å²) in [5.41, 5.74) is 2.18. The van der Waals surface area contributed by atoms with Gasteiger partial charge in [0.05, 0.1) is 4.34 Å². The zero-order valence-electron chi connectivity index (χ0n) is 14.5. The van der Waals surface area contributed by atoms with Crippen LogP contribution in [0.2, 0.25) is 4.34 Å². The average Bonchev–Trinajstić information content (AvgIpc) is 3.02. The first-order chi connectivity index (χ1) is 12.1. The number of aryl methyl sites for hydroxylation is 2. The summed E-state index contributed by atoms with van der Waals surface area (Å²) >= 11 is 6.65. The molecule has 0 saturated heterocycles. The molecule has 0 N–H and O–H groups in total. The summed E-state index contributed by atoms with van der Waals surface area (Å²) in [6.07, 6.45) is 0. The number of ketones is 1. The number of sulfonamides is 1. The Morgan fingerprint density at radius 2 is 1.88 bits per heavy atom. The Hall–Kier alpha value is -1.74. The number of carbonyl (C=O) groups is 2. The van der Waals surface area contributed by atoms with Crippen molar-refractivity contribution < 1.29 is 22.7 Å². The van der Waals surface area contributed by atoms with Gasteiger partial charge in [0.2, 0.25) is 5.78 Å². The number of esters is 1. The van der Waals surface area contributed by atoms with Crippen LogP contribution in [0.25, 0.3) is 0 Å². The number of likely N-dealkylation sites (N-methyl/N-ethyl adjacent to an activating group) is 1. The summed E-state index contributed by atoms with van der Waals surface area (Å²) < 4.78 is 30.8. The number of ether oxygens (including phenoxy) is 1. The van der Waals surface area contributed by atoms with Crippen molar-refractivity contribution in [2.24, 2.45) is 0 Å². The quantitative estimate of drug-likeness (QED) is 0.512. The molecule has 9 heteroatoms. The van der Waals surface area contributed by atoms with Gasteiger partial charge in [-0.25, -0.2) is 8.42 Å². The van der Waals surface area contributed by atoms with Crippen LogP contribution in [0, 0.1) is 13.8 Å². The molecule has 26 heavy (non-hydrogen) atoms. The van der Waals surface area contributed by atoms with E-state index in [9.17, 15) is 18.0 Å². The van der Waals surface area contributed by atoms with E-state index in [2.05, 4.69) is 0 Å². The Morgan fingerprint density at radius 3 is 2.50 bits per heavy atom. The molecule has 0 aliphatic carbocycles. The van der Waals surface area contributed by atoms with Gasteiger partial charge in [-0.05, 0) is 37.6 Å². The Labute approximate surface area is 161 Å². The van der Waals surface area contributed by atoms with Gasteiger partial charge in [0.25, 0.3) is 10.0 Å². The molecule has 0 aliphatic rings. The van der Waals surface area contributed by atoms with Crippen molar-refractivity contribution in [3.05, 3.63) is 51.4 Å². The highest BCUT2D eigenvalue weighted by atomic mass is 35.5. The van der Waals surface area contributed by atoms with Gasteiger partial charge in [0.15, 0.2) is 6.61 Å². The third kappa shape index (κ3) is 4.91. The Balaban J connectivity index is 1.96. The molecule has 0 atom stereocenters. The van der Waals surface area contributed by atoms with Gasteiger partial charge in [-0.3, -0.25) is 9.59 Å². The highest BCUT2D eigenvalue weighted by Gasteiger charge is 2.25. The maximum Gasteiger partial charge on any atom is 0.321 e. The third-order valence-electron chi connectivity index (χ3n) is 3.62. The van der Waals surface area contributed by atoms with Gasteiger partial charge in [0, 0.05) is 12.6 Å². The second-order valence-electron chi connectivity index (χ2n) is 5.72. The molecule has 1 aromatic carbocycles. The molecule has 0 unspecified atom stereocenters. The molecule has 0 aliphatic heterocycles. The lowest BCUT2D eigenvalue weighted by atomic mass is 10.0. The zero-order valence-corrected chi connectivity index (χ0v) is 16.9. The van der Waals surface area contributed by atoms with Crippen molar-refractivity contribution in [1.82, 2.24) is 4.31 Å². The van der Waals surface area contributed by atoms with E-state index in [-0.39, 0.29) is 9.99 Å². The SMILES string of the molecule is Cc1ccc(C)c(C(=O)COC(=O)CN(C)S(=O)(=O)c2ccc(Cl)s2)c1. The predicted octanol–water partition coefficient (Wildman–Crippen LogP) is 3.06. The maximum atomic E-state index is 12.3. The molecule has 0 saturated carbocycles. The number of Topliss-reactive ketones (excluding diaryl/α,β-unsaturated/α-hetero) is 1. The maximum absolute atomic E-state index is 12.3. The predicted molar refractivity (Wildman–Crippen MR) is 100 cm³/mol. The van der Waals surface area contributed by atoms with Crippen LogP contribution >= 0.6 is 22.9 Å². The van der Waals surface area contributed by atoms with Gasteiger partial charge in [0.1, 0.15) is 10.8 Å². The first-order valence-electron chi connectivity index (χ1n) is 7.59. The van der Waals surface area contributed by atoms with Crippen LogP contribution in [-0.2, 0) is 19.6 Å². The van der Waals surface area contributed by atoms with Crippen LogP contribution in [0.1, 0.15) is 21.5 Å². The fourth-order valence-electron chi connectivity index (χ4n) is 2.16. The van der Waals surface area contributed by atoms with E-state index in [1.165, 1.54) is 19.2 Å². The number of rotatable bonds is 7. The molecule has 0 amide bonds. The second-order valence-corrected chi connectivity index (χ2v) is 9.71. The molecular formula is C17H18ClNO5S2. The van der Waals surface area contributed by atoms with Crippen molar-refractivity contribution >= 4 is 44.7 Å². The number of halogens is 1. The average molecular weight is 416 g/mol. The van der Waals surface area contributed by atoms with Crippen molar-refractivity contribution in [1.29, 1.82) is 0 Å². The topological polar surface area (TPSA) is 80.8 Å². The standard InChI is InChI=1S/C17H18ClNO5S2/c1-11-4-5-12(2)13(8-11)14(20)10-24-16(21)9-19(3)26(22,23)17-7-6-15(18)25-17/h4-8H,9-10H2,1-3H3. The highest BCUT2D eigenvalue weighted by Crippen LogP contribution is 2.27. The van der Waals surface area contributed by atoms with E-state index in [1.807, 2.05) is 19.1 Å². The largest absolute Gasteiger partial charge is 0.456 e. The summed E-state index contributed by atoms with van der Waals surface area (Å²) in [5.74, 6) is -1.15. The van der Waals surface area contributed by atoms with Crippen molar-refractivity contribution in [3.63, 3.8) is 0 Å². The van der Waals surface area contributed by atoms with Gasteiger partial charge in [-0.1, -0.05) is 29.3 Å². The van der Waals surface area contributed by atoms with Crippen molar-refractivity contribution in [2.75, 3.05) is 20.2 Å². The zero-order chi connectivity index (χ0) is 19.5. The van der Waals surface area contributed by atoms with Crippen molar-refractivity contribution in [2.45, 2.75) is 18.1 Å². The van der Waals surface area contributed by atoms with E-state index >= 15 is 0 Å². The van der Waals surface area contributed by atoms with Gasteiger partial charge in [-0.15, -0.1) is 11.3 Å². The van der Waals surface area contributed by atoms with Crippen LogP contribution in [0.3, 0.4) is 0 Å². The van der Waals surface area contributed by atoms with Gasteiger partial charge < -0.3 is 4.74 Å². The molecule has 1 aromatic heterocycles. The molecule has 6 nitrogen and oxygen atoms in total. The molecule has 2 rings (SSSR count). The minimum Gasteiger partial charge on any atom is -0.456 e. The number of benzene rings is 1. The first kappa shape index (κ1) is 20.6. The molecule has 2 aromatic rings. The minimum atomic E-state index is -3.83. The van der Waals surface area contributed by atoms with E-state index in [4.69, 9.17) is 16.3 Å². The third-order valence-corrected chi connectivity index (χ3v) is 7.12. The Kier molecular flexibility index (Phi) is 6.57. The monoisotopic (exact) mass is 415 g/mol. The van der Waals surface area contributed by atoms with Crippen LogP contribution in [0.15, 0.2) is 34.5 Å². The fraction of sp³-hybridized carbons (Fsp3) is 0.294. The summed E-state index contributed by atoms with van der Waals surface area (Å²) in [4.78, 5) is 24.1. The van der Waals surface area contributed by atoms with Crippen LogP contribution in [0.4, 0.5) is 0 Å². The summed E-state index contributed by atoms with van der Waals surface area (Å²) in [6.45, 7) is 2.71. The summed E-state index contributed by atoms with van der Waals surface area (Å²) in [6, 6.07) is 8.26. The van der Waals surface area contributed by atoms with E-state index in [0.717, 1.165) is 26.8 Å². The van der Waals surface area contributed by atoms with E-state index < -0.39 is 29.1 Å². The van der Waals surface area contributed by atoms with Crippen molar-refractivity contribution in [3.8, 4) is 0 Å². The normalized spacial score (nSPS) is 11.6. The lowest BCUT2D eigenvalue weighted by molar-refractivity contribution is -0.142. The molecule has 0 radical (unpaired) electrons. The number of thiophene rings is 1. The lowest BCUT2D eigenvalue weighted by Gasteiger charge is -2.15. The highest BCUT2D eigenvalue weighted by molar-refractivity contribution is 7.91. The van der Waals surface area contributed by atoms with Gasteiger partial charge in [-0.2, -0.15) is 4.31 Å². The van der Waals surface area contributed by atoms with Crippen LogP contribution < -0.4 is 0 Å². The number of hydrogen-bond donors (Lipinski definition) is 0. The van der Waals surface area contributed by atoms with E-state index in [0.29, 0.717) is 9.90 Å².